The number of hydrogen-bond acceptors (Lipinski definition) is 0. The van der Waals surface area contributed by atoms with Crippen LogP contribution < -0.4 is 4.57 Å². The molecule has 3 aromatic rings. The average Bonchev–Trinajstić information content (AvgIpc) is 2.58. The highest BCUT2D eigenvalue weighted by Crippen LogP contribution is 2.31. The monoisotopic (exact) mass is 331 g/mol. The van der Waals surface area contributed by atoms with Crippen LogP contribution in [0, 0.1) is 31.2 Å². The standard InChI is InChI=1S/C20H17F3N/c1-12-8-13(2)17(20-10-18(22)19(23)11-24(20)3)9-16(12)14-4-6-15(21)7-5-14/h4-11H,1-3H3/q+1/i1D3. The van der Waals surface area contributed by atoms with Crippen molar-refractivity contribution >= 4 is 0 Å². The summed E-state index contributed by atoms with van der Waals surface area (Å²) in [5.41, 5.74) is 2.58. The molecule has 0 aliphatic heterocycles. The maximum atomic E-state index is 13.8. The largest absolute Gasteiger partial charge is 0.222 e. The first-order valence-electron chi connectivity index (χ1n) is 8.84. The number of benzene rings is 2. The second kappa shape index (κ2) is 6.11. The molecule has 0 saturated carbocycles. The Morgan fingerprint density at radius 2 is 1.58 bits per heavy atom. The third-order valence-electron chi connectivity index (χ3n) is 3.97. The van der Waals surface area contributed by atoms with E-state index >= 15 is 0 Å². The molecule has 0 unspecified atom stereocenters. The summed E-state index contributed by atoms with van der Waals surface area (Å²) >= 11 is 0. The summed E-state index contributed by atoms with van der Waals surface area (Å²) in [7, 11) is 1.58. The smallest absolute Gasteiger partial charge is 0.207 e. The fourth-order valence-electron chi connectivity index (χ4n) is 2.71. The number of rotatable bonds is 2. The minimum Gasteiger partial charge on any atom is -0.207 e. The van der Waals surface area contributed by atoms with E-state index in [1.807, 2.05) is 0 Å². The van der Waals surface area contributed by atoms with Gasteiger partial charge in [-0.05, 0) is 54.2 Å². The molecule has 0 aliphatic carbocycles. The Morgan fingerprint density at radius 3 is 2.25 bits per heavy atom. The summed E-state index contributed by atoms with van der Waals surface area (Å²) in [6.07, 6.45) is 1.03. The van der Waals surface area contributed by atoms with Crippen molar-refractivity contribution in [2.45, 2.75) is 13.8 Å². The van der Waals surface area contributed by atoms with Gasteiger partial charge in [0.15, 0.2) is 5.82 Å². The van der Waals surface area contributed by atoms with Gasteiger partial charge in [0.1, 0.15) is 12.9 Å². The summed E-state index contributed by atoms with van der Waals surface area (Å²) in [5, 5.41) is 0. The molecule has 0 fully saturated rings. The van der Waals surface area contributed by atoms with E-state index in [0.717, 1.165) is 12.3 Å². The number of nitrogens with zero attached hydrogens (tertiary/aromatic N) is 1. The SMILES string of the molecule is [2H]C([2H])([2H])c1cc(C)c(-c2cc(F)c(F)c[n+]2C)cc1-c1ccc(F)cc1. The van der Waals surface area contributed by atoms with Crippen molar-refractivity contribution in [2.24, 2.45) is 7.05 Å². The first-order chi connectivity index (χ1) is 12.6. The highest BCUT2D eigenvalue weighted by molar-refractivity contribution is 5.75. The molecule has 2 aromatic carbocycles. The molecule has 4 heteroatoms. The molecule has 0 spiro atoms. The summed E-state index contributed by atoms with van der Waals surface area (Å²) in [6, 6.07) is 9.68. The number of halogens is 3. The molecule has 0 radical (unpaired) electrons. The van der Waals surface area contributed by atoms with Gasteiger partial charge >= 0.3 is 0 Å². The topological polar surface area (TPSA) is 3.88 Å². The molecule has 3 rings (SSSR count). The third kappa shape index (κ3) is 2.92. The van der Waals surface area contributed by atoms with Gasteiger partial charge in [-0.2, -0.15) is 8.96 Å². The van der Waals surface area contributed by atoms with Crippen molar-refractivity contribution in [3.8, 4) is 22.4 Å². The number of aromatic nitrogens is 1. The van der Waals surface area contributed by atoms with Crippen LogP contribution >= 0.6 is 0 Å². The molecule has 0 saturated heterocycles. The zero-order valence-electron chi connectivity index (χ0n) is 16.2. The van der Waals surface area contributed by atoms with E-state index in [4.69, 9.17) is 4.11 Å². The lowest BCUT2D eigenvalue weighted by Crippen LogP contribution is -2.32. The van der Waals surface area contributed by atoms with E-state index in [-0.39, 0.29) is 5.56 Å². The maximum absolute atomic E-state index is 13.8. The van der Waals surface area contributed by atoms with Crippen molar-refractivity contribution in [2.75, 3.05) is 0 Å². The van der Waals surface area contributed by atoms with Crippen LogP contribution in [0.4, 0.5) is 13.2 Å². The summed E-state index contributed by atoms with van der Waals surface area (Å²) in [4.78, 5) is 0. The van der Waals surface area contributed by atoms with Crippen molar-refractivity contribution in [3.05, 3.63) is 77.2 Å². The van der Waals surface area contributed by atoms with Crippen molar-refractivity contribution in [1.29, 1.82) is 0 Å². The highest BCUT2D eigenvalue weighted by atomic mass is 19.2. The van der Waals surface area contributed by atoms with Gasteiger partial charge in [-0.15, -0.1) is 0 Å². The predicted molar refractivity (Wildman–Crippen MR) is 87.8 cm³/mol. The molecule has 0 N–H and O–H groups in total. The lowest BCUT2D eigenvalue weighted by molar-refractivity contribution is -0.662. The van der Waals surface area contributed by atoms with Gasteiger partial charge in [-0.25, -0.2) is 8.78 Å². The quantitative estimate of drug-likeness (QED) is 0.589. The molecule has 0 aliphatic rings. The predicted octanol–water partition coefficient (Wildman–Crippen LogP) is 4.88. The van der Waals surface area contributed by atoms with E-state index in [0.29, 0.717) is 27.9 Å². The molecule has 122 valence electrons. The summed E-state index contributed by atoms with van der Waals surface area (Å²) in [5.74, 6) is -2.41. The molecular weight excluding hydrogens is 311 g/mol. The lowest BCUT2D eigenvalue weighted by atomic mass is 9.93. The fraction of sp³-hybridized carbons (Fsp3) is 0.150. The van der Waals surface area contributed by atoms with Crippen molar-refractivity contribution in [3.63, 3.8) is 0 Å². The first-order valence-corrected chi connectivity index (χ1v) is 7.34. The Balaban J connectivity index is 2.31. The average molecular weight is 331 g/mol. The zero-order valence-corrected chi connectivity index (χ0v) is 13.2. The maximum Gasteiger partial charge on any atom is 0.222 e. The Hall–Kier alpha value is -2.62. The van der Waals surface area contributed by atoms with Gasteiger partial charge in [0.05, 0.1) is 0 Å². The van der Waals surface area contributed by atoms with Gasteiger partial charge in [-0.1, -0.05) is 18.2 Å². The van der Waals surface area contributed by atoms with Crippen LogP contribution in [0.1, 0.15) is 15.2 Å². The highest BCUT2D eigenvalue weighted by Gasteiger charge is 2.19. The number of pyridine rings is 1. The van der Waals surface area contributed by atoms with E-state index in [2.05, 4.69) is 0 Å². The minimum atomic E-state index is -2.39. The van der Waals surface area contributed by atoms with Crippen LogP contribution in [-0.4, -0.2) is 0 Å². The fourth-order valence-corrected chi connectivity index (χ4v) is 2.71. The van der Waals surface area contributed by atoms with Crippen LogP contribution in [0.15, 0.2) is 48.7 Å². The van der Waals surface area contributed by atoms with Gasteiger partial charge in [0.2, 0.25) is 17.7 Å². The summed E-state index contributed by atoms with van der Waals surface area (Å²) < 4.78 is 65.5. The van der Waals surface area contributed by atoms with Gasteiger partial charge in [0, 0.05) is 15.7 Å². The van der Waals surface area contributed by atoms with Crippen molar-refractivity contribution < 1.29 is 21.9 Å². The Labute approximate surface area is 143 Å². The molecule has 1 aromatic heterocycles. The molecule has 1 nitrogen and oxygen atoms in total. The minimum absolute atomic E-state index is 0.112. The molecule has 0 amide bonds. The zero-order chi connectivity index (χ0) is 19.9. The molecular formula is C20H17F3N+. The number of hydrogen-bond donors (Lipinski definition) is 0. The summed E-state index contributed by atoms with van der Waals surface area (Å²) in [6.45, 7) is -0.677. The van der Waals surface area contributed by atoms with Crippen molar-refractivity contribution in [1.82, 2.24) is 0 Å². The second-order valence-corrected chi connectivity index (χ2v) is 5.69. The van der Waals surface area contributed by atoms with Crippen LogP contribution in [0.5, 0.6) is 0 Å². The van der Waals surface area contributed by atoms with E-state index in [1.165, 1.54) is 34.9 Å². The number of aryl methyl sites for hydroxylation is 3. The Morgan fingerprint density at radius 1 is 0.875 bits per heavy atom. The van der Waals surface area contributed by atoms with Crippen LogP contribution in [0.3, 0.4) is 0 Å². The molecule has 24 heavy (non-hydrogen) atoms. The molecule has 1 heterocycles. The lowest BCUT2D eigenvalue weighted by Gasteiger charge is -2.12. The van der Waals surface area contributed by atoms with E-state index in [9.17, 15) is 13.2 Å². The third-order valence-corrected chi connectivity index (χ3v) is 3.97. The Bertz CT molecular complexity index is 1010. The van der Waals surface area contributed by atoms with Crippen LogP contribution in [0.25, 0.3) is 22.4 Å². The molecule has 0 bridgehead atoms. The van der Waals surface area contributed by atoms with Crippen LogP contribution in [0.2, 0.25) is 0 Å². The van der Waals surface area contributed by atoms with Gasteiger partial charge < -0.3 is 0 Å². The molecule has 0 atom stereocenters. The normalized spacial score (nSPS) is 13.3. The van der Waals surface area contributed by atoms with Crippen LogP contribution in [-0.2, 0) is 7.05 Å². The van der Waals surface area contributed by atoms with Gasteiger partial charge in [-0.3, -0.25) is 0 Å². The van der Waals surface area contributed by atoms with E-state index in [1.54, 1.807) is 20.0 Å². The van der Waals surface area contributed by atoms with Gasteiger partial charge in [0.25, 0.3) is 0 Å². The first kappa shape index (κ1) is 12.8. The Kier molecular flexibility index (Phi) is 3.25. The van der Waals surface area contributed by atoms with E-state index < -0.39 is 24.3 Å². The second-order valence-electron chi connectivity index (χ2n) is 5.69.